The van der Waals surface area contributed by atoms with Crippen LogP contribution in [0.2, 0.25) is 0 Å². The highest BCUT2D eigenvalue weighted by Crippen LogP contribution is 2.27. The number of benzene rings is 1. The molecule has 0 aliphatic carbocycles. The zero-order valence-corrected chi connectivity index (χ0v) is 12.7. The molecule has 0 bridgehead atoms. The van der Waals surface area contributed by atoms with Crippen molar-refractivity contribution in [2.75, 3.05) is 6.26 Å². The number of aliphatic hydroxyl groups excluding tert-OH is 1. The van der Waals surface area contributed by atoms with Crippen molar-refractivity contribution in [3.05, 3.63) is 29.8 Å². The third-order valence-electron chi connectivity index (χ3n) is 3.60. The van der Waals surface area contributed by atoms with Crippen LogP contribution in [-0.4, -0.2) is 11.4 Å². The first-order valence-electron chi connectivity index (χ1n) is 7.03. The van der Waals surface area contributed by atoms with Gasteiger partial charge in [-0.2, -0.15) is 0 Å². The van der Waals surface area contributed by atoms with Gasteiger partial charge >= 0.3 is 0 Å². The topological polar surface area (TPSA) is 20.2 Å². The molecule has 0 heterocycles. The smallest absolute Gasteiger partial charge is 0.0792 e. The van der Waals surface area contributed by atoms with E-state index in [1.165, 1.54) is 30.6 Å². The largest absolute Gasteiger partial charge is 0.388 e. The summed E-state index contributed by atoms with van der Waals surface area (Å²) in [6.45, 7) is 4.45. The fourth-order valence-electron chi connectivity index (χ4n) is 2.26. The molecule has 0 fully saturated rings. The van der Waals surface area contributed by atoms with Crippen molar-refractivity contribution in [1.82, 2.24) is 0 Å². The van der Waals surface area contributed by atoms with E-state index >= 15 is 0 Å². The number of unbranched alkanes of at least 4 members (excludes halogenated alkanes) is 1. The van der Waals surface area contributed by atoms with Gasteiger partial charge in [-0.15, -0.1) is 11.8 Å². The minimum Gasteiger partial charge on any atom is -0.388 e. The van der Waals surface area contributed by atoms with Crippen LogP contribution in [-0.2, 0) is 0 Å². The second kappa shape index (κ2) is 8.60. The summed E-state index contributed by atoms with van der Waals surface area (Å²) in [7, 11) is 0. The molecule has 18 heavy (non-hydrogen) atoms. The van der Waals surface area contributed by atoms with Crippen LogP contribution in [0.5, 0.6) is 0 Å². The maximum Gasteiger partial charge on any atom is 0.0792 e. The molecule has 0 aromatic heterocycles. The Balaban J connectivity index is 2.53. The van der Waals surface area contributed by atoms with Crippen LogP contribution in [0.1, 0.15) is 57.6 Å². The second-order valence-electron chi connectivity index (χ2n) is 4.94. The lowest BCUT2D eigenvalue weighted by Crippen LogP contribution is -2.07. The average molecular weight is 266 g/mol. The van der Waals surface area contributed by atoms with Crippen molar-refractivity contribution in [3.8, 4) is 0 Å². The minimum absolute atomic E-state index is 0.303. The van der Waals surface area contributed by atoms with Crippen LogP contribution >= 0.6 is 11.8 Å². The summed E-state index contributed by atoms with van der Waals surface area (Å²) < 4.78 is 0. The van der Waals surface area contributed by atoms with Crippen LogP contribution in [0.15, 0.2) is 29.2 Å². The summed E-state index contributed by atoms with van der Waals surface area (Å²) in [5.74, 6) is 0.653. The quantitative estimate of drug-likeness (QED) is 0.665. The Morgan fingerprint density at radius 2 is 1.83 bits per heavy atom. The van der Waals surface area contributed by atoms with Crippen LogP contribution < -0.4 is 0 Å². The molecule has 0 amide bonds. The predicted molar refractivity (Wildman–Crippen MR) is 81.1 cm³/mol. The summed E-state index contributed by atoms with van der Waals surface area (Å²) in [5, 5.41) is 10.3. The van der Waals surface area contributed by atoms with E-state index in [0.29, 0.717) is 5.92 Å². The molecule has 1 aromatic carbocycles. The van der Waals surface area contributed by atoms with E-state index in [0.717, 1.165) is 12.0 Å². The van der Waals surface area contributed by atoms with Crippen molar-refractivity contribution in [2.45, 2.75) is 57.0 Å². The van der Waals surface area contributed by atoms with Crippen molar-refractivity contribution >= 4 is 11.8 Å². The number of aliphatic hydroxyl groups is 1. The van der Waals surface area contributed by atoms with Gasteiger partial charge in [0, 0.05) is 4.90 Å². The zero-order chi connectivity index (χ0) is 13.4. The summed E-state index contributed by atoms with van der Waals surface area (Å²) in [4.78, 5) is 1.25. The Morgan fingerprint density at radius 1 is 1.17 bits per heavy atom. The van der Waals surface area contributed by atoms with E-state index in [2.05, 4.69) is 44.4 Å². The summed E-state index contributed by atoms with van der Waals surface area (Å²) >= 11 is 1.74. The van der Waals surface area contributed by atoms with Crippen molar-refractivity contribution < 1.29 is 5.11 Å². The van der Waals surface area contributed by atoms with Gasteiger partial charge in [-0.25, -0.2) is 0 Å². The van der Waals surface area contributed by atoms with Gasteiger partial charge in [-0.1, -0.05) is 51.7 Å². The predicted octanol–water partition coefficient (Wildman–Crippen LogP) is 5.05. The van der Waals surface area contributed by atoms with Gasteiger partial charge < -0.3 is 5.11 Å². The summed E-state index contributed by atoms with van der Waals surface area (Å²) in [5.41, 5.74) is 1.06. The molecule has 2 heteroatoms. The first kappa shape index (κ1) is 15.6. The first-order valence-corrected chi connectivity index (χ1v) is 8.25. The molecule has 0 aliphatic rings. The van der Waals surface area contributed by atoms with E-state index in [1.807, 2.05) is 0 Å². The van der Waals surface area contributed by atoms with Gasteiger partial charge in [0.1, 0.15) is 0 Å². The molecule has 0 saturated heterocycles. The SMILES string of the molecule is CCCCC(CC)CC(O)c1ccc(SC)cc1. The van der Waals surface area contributed by atoms with E-state index in [9.17, 15) is 5.11 Å². The van der Waals surface area contributed by atoms with Crippen molar-refractivity contribution in [3.63, 3.8) is 0 Å². The Hall–Kier alpha value is -0.470. The van der Waals surface area contributed by atoms with Gasteiger partial charge in [0.25, 0.3) is 0 Å². The molecule has 0 saturated carbocycles. The molecular formula is C16H26OS. The third kappa shape index (κ3) is 5.03. The summed E-state index contributed by atoms with van der Waals surface area (Å²) in [6.07, 6.45) is 7.60. The zero-order valence-electron chi connectivity index (χ0n) is 11.9. The fourth-order valence-corrected chi connectivity index (χ4v) is 2.67. The first-order chi connectivity index (χ1) is 8.71. The highest BCUT2D eigenvalue weighted by molar-refractivity contribution is 7.98. The van der Waals surface area contributed by atoms with Crippen molar-refractivity contribution in [2.24, 2.45) is 5.92 Å². The van der Waals surface area contributed by atoms with Crippen LogP contribution in [0.3, 0.4) is 0 Å². The Bertz CT molecular complexity index is 320. The van der Waals surface area contributed by atoms with Gasteiger partial charge in [0.05, 0.1) is 6.10 Å². The minimum atomic E-state index is -0.303. The van der Waals surface area contributed by atoms with Crippen molar-refractivity contribution in [1.29, 1.82) is 0 Å². The summed E-state index contributed by atoms with van der Waals surface area (Å²) in [6, 6.07) is 8.30. The van der Waals surface area contributed by atoms with Crippen LogP contribution in [0.4, 0.5) is 0 Å². The molecule has 2 atom stereocenters. The maximum atomic E-state index is 10.3. The fraction of sp³-hybridized carbons (Fsp3) is 0.625. The lowest BCUT2D eigenvalue weighted by atomic mass is 9.91. The molecule has 1 N–H and O–H groups in total. The number of thioether (sulfide) groups is 1. The maximum absolute atomic E-state index is 10.3. The lowest BCUT2D eigenvalue weighted by molar-refractivity contribution is 0.139. The number of hydrogen-bond acceptors (Lipinski definition) is 2. The van der Waals surface area contributed by atoms with Gasteiger partial charge in [-0.3, -0.25) is 0 Å². The van der Waals surface area contributed by atoms with Gasteiger partial charge in [0.2, 0.25) is 0 Å². The van der Waals surface area contributed by atoms with E-state index < -0.39 is 0 Å². The van der Waals surface area contributed by atoms with Gasteiger partial charge in [0.15, 0.2) is 0 Å². The molecule has 0 spiro atoms. The molecule has 1 nitrogen and oxygen atoms in total. The second-order valence-corrected chi connectivity index (χ2v) is 5.82. The highest BCUT2D eigenvalue weighted by atomic mass is 32.2. The molecule has 102 valence electrons. The molecule has 1 aromatic rings. The van der Waals surface area contributed by atoms with Gasteiger partial charge in [-0.05, 0) is 36.3 Å². The van der Waals surface area contributed by atoms with E-state index in [1.54, 1.807) is 11.8 Å². The van der Waals surface area contributed by atoms with Crippen LogP contribution in [0.25, 0.3) is 0 Å². The molecule has 0 radical (unpaired) electrons. The Kier molecular flexibility index (Phi) is 7.45. The van der Waals surface area contributed by atoms with Crippen LogP contribution in [0, 0.1) is 5.92 Å². The molecule has 1 rings (SSSR count). The number of hydrogen-bond donors (Lipinski definition) is 1. The molecular weight excluding hydrogens is 240 g/mol. The monoisotopic (exact) mass is 266 g/mol. The number of rotatable bonds is 8. The Morgan fingerprint density at radius 3 is 2.33 bits per heavy atom. The highest BCUT2D eigenvalue weighted by Gasteiger charge is 2.14. The molecule has 2 unspecified atom stereocenters. The normalized spacial score (nSPS) is 14.4. The average Bonchev–Trinajstić information content (AvgIpc) is 2.43. The third-order valence-corrected chi connectivity index (χ3v) is 4.34. The Labute approximate surface area is 116 Å². The van der Waals surface area contributed by atoms with E-state index in [4.69, 9.17) is 0 Å². The van der Waals surface area contributed by atoms with E-state index in [-0.39, 0.29) is 6.10 Å². The lowest BCUT2D eigenvalue weighted by Gasteiger charge is -2.19. The molecule has 0 aliphatic heterocycles. The standard InChI is InChI=1S/C16H26OS/c1-4-6-7-13(5-2)12-16(17)14-8-10-15(18-3)11-9-14/h8-11,13,16-17H,4-7,12H2,1-3H3.